The van der Waals surface area contributed by atoms with Crippen molar-refractivity contribution in [1.82, 2.24) is 29.6 Å². The molecule has 1 unspecified atom stereocenters. The van der Waals surface area contributed by atoms with E-state index in [1.165, 1.54) is 4.52 Å². The van der Waals surface area contributed by atoms with E-state index in [2.05, 4.69) is 25.1 Å². The summed E-state index contributed by atoms with van der Waals surface area (Å²) in [6.45, 7) is 9.22. The molecular formula is C30H38N8O4S. The van der Waals surface area contributed by atoms with Crippen LogP contribution in [-0.2, 0) is 14.6 Å². The van der Waals surface area contributed by atoms with Gasteiger partial charge in [-0.2, -0.15) is 4.98 Å². The third kappa shape index (κ3) is 5.64. The number of aromatic nitrogens is 4. The van der Waals surface area contributed by atoms with Crippen molar-refractivity contribution in [1.29, 1.82) is 0 Å². The van der Waals surface area contributed by atoms with Gasteiger partial charge in [-0.05, 0) is 75.4 Å². The van der Waals surface area contributed by atoms with Gasteiger partial charge in [0.2, 0.25) is 20.8 Å². The number of nitrogens with one attached hydrogen (secondary N) is 1. The molecule has 12 nitrogen and oxygen atoms in total. The van der Waals surface area contributed by atoms with E-state index in [4.69, 9.17) is 5.73 Å². The molecule has 2 saturated heterocycles. The number of carbonyl (C=O) groups is 1. The highest BCUT2D eigenvalue weighted by Gasteiger charge is 2.29. The zero-order valence-corrected chi connectivity index (χ0v) is 25.4. The molecule has 0 bridgehead atoms. The van der Waals surface area contributed by atoms with Crippen LogP contribution in [0.2, 0.25) is 0 Å². The van der Waals surface area contributed by atoms with E-state index in [9.17, 15) is 18.0 Å². The fraction of sp³-hybridized carbons (Fsp3) is 0.467. The number of rotatable bonds is 7. The Morgan fingerprint density at radius 1 is 1.07 bits per heavy atom. The second-order valence-corrected chi connectivity index (χ2v) is 13.6. The molecule has 1 amide bonds. The van der Waals surface area contributed by atoms with Gasteiger partial charge in [-0.1, -0.05) is 17.7 Å². The summed E-state index contributed by atoms with van der Waals surface area (Å²) in [4.78, 5) is 36.7. The Kier molecular flexibility index (Phi) is 7.96. The van der Waals surface area contributed by atoms with Crippen LogP contribution >= 0.6 is 0 Å². The van der Waals surface area contributed by atoms with E-state index in [0.717, 1.165) is 56.7 Å². The minimum Gasteiger partial charge on any atom is -0.369 e. The second kappa shape index (κ2) is 11.7. The Morgan fingerprint density at radius 2 is 1.86 bits per heavy atom. The van der Waals surface area contributed by atoms with Crippen LogP contribution in [0.3, 0.4) is 0 Å². The Bertz CT molecular complexity index is 1840. The van der Waals surface area contributed by atoms with Crippen molar-refractivity contribution < 1.29 is 13.2 Å². The third-order valence-corrected chi connectivity index (χ3v) is 10.6. The lowest BCUT2D eigenvalue weighted by atomic mass is 9.95. The number of sulfone groups is 1. The maximum Gasteiger partial charge on any atom is 0.281 e. The first kappa shape index (κ1) is 29.3. The molecule has 2 aromatic carbocycles. The molecule has 228 valence electrons. The third-order valence-electron chi connectivity index (χ3n) is 8.73. The summed E-state index contributed by atoms with van der Waals surface area (Å²) in [7, 11) is -4.03. The lowest BCUT2D eigenvalue weighted by molar-refractivity contribution is -0.134. The molecule has 2 aromatic heterocycles. The summed E-state index contributed by atoms with van der Waals surface area (Å²) >= 11 is 0. The standard InChI is InChI=1S/C30H38N8O4S/c1-20-5-8-26(21(2)16-20)43(41,42)30-28-32-29(40)24-7-6-23(17-25(24)38(28)34-33-30)36-14-12-35(13-15-36)19-27(39)37-11-3-4-22(18-37)9-10-31/h5-8,16-17,22,34H,3-4,9-15,18-19,31H2,1-2H3. The van der Waals surface area contributed by atoms with Crippen LogP contribution in [0.5, 0.6) is 0 Å². The van der Waals surface area contributed by atoms with Crippen molar-refractivity contribution >= 4 is 38.0 Å². The molecule has 6 rings (SSSR count). The Balaban J connectivity index is 1.21. The fourth-order valence-corrected chi connectivity index (χ4v) is 7.87. The number of hydrogen-bond donors (Lipinski definition) is 2. The number of carbonyl (C=O) groups excluding carboxylic acids is 1. The highest BCUT2D eigenvalue weighted by atomic mass is 32.2. The smallest absolute Gasteiger partial charge is 0.281 e. The van der Waals surface area contributed by atoms with Crippen molar-refractivity contribution in [2.45, 2.75) is 43.0 Å². The number of piperidine rings is 1. The average molecular weight is 607 g/mol. The van der Waals surface area contributed by atoms with Gasteiger partial charge in [-0.25, -0.2) is 18.1 Å². The number of amides is 1. The van der Waals surface area contributed by atoms with Crippen LogP contribution in [0.15, 0.2) is 51.1 Å². The fourth-order valence-electron chi connectivity index (χ4n) is 6.40. The van der Waals surface area contributed by atoms with Crippen molar-refractivity contribution in [3.05, 3.63) is 57.9 Å². The minimum atomic E-state index is -4.03. The molecule has 0 aliphatic carbocycles. The Hall–Kier alpha value is -3.81. The number of H-pyrrole nitrogens is 1. The van der Waals surface area contributed by atoms with Crippen LogP contribution in [0.1, 0.15) is 30.4 Å². The van der Waals surface area contributed by atoms with Gasteiger partial charge in [0, 0.05) is 45.0 Å². The van der Waals surface area contributed by atoms with Crippen LogP contribution in [0.25, 0.3) is 16.6 Å². The number of nitrogens with zero attached hydrogens (tertiary/aromatic N) is 6. The number of hydrogen-bond acceptors (Lipinski definition) is 9. The van der Waals surface area contributed by atoms with E-state index in [-0.39, 0.29) is 21.5 Å². The van der Waals surface area contributed by atoms with Crippen LogP contribution in [0, 0.1) is 19.8 Å². The Morgan fingerprint density at radius 3 is 2.60 bits per heavy atom. The van der Waals surface area contributed by atoms with E-state index in [0.29, 0.717) is 48.6 Å². The molecule has 2 fully saturated rings. The van der Waals surface area contributed by atoms with Crippen molar-refractivity contribution in [3.8, 4) is 0 Å². The lowest BCUT2D eigenvalue weighted by Gasteiger charge is -2.38. The van der Waals surface area contributed by atoms with Crippen molar-refractivity contribution in [3.63, 3.8) is 0 Å². The number of nitrogens with two attached hydrogens (primary N) is 1. The van der Waals surface area contributed by atoms with E-state index in [1.54, 1.807) is 31.2 Å². The van der Waals surface area contributed by atoms with Crippen molar-refractivity contribution in [2.75, 3.05) is 57.3 Å². The molecule has 4 aromatic rings. The first-order valence-electron chi connectivity index (χ1n) is 14.8. The van der Waals surface area contributed by atoms with Gasteiger partial charge >= 0.3 is 0 Å². The number of benzene rings is 2. The van der Waals surface area contributed by atoms with Gasteiger partial charge in [0.15, 0.2) is 5.65 Å². The highest BCUT2D eigenvalue weighted by molar-refractivity contribution is 7.91. The number of piperazine rings is 1. The lowest BCUT2D eigenvalue weighted by Crippen LogP contribution is -2.51. The van der Waals surface area contributed by atoms with Gasteiger partial charge in [0.05, 0.1) is 22.3 Å². The molecule has 13 heteroatoms. The molecule has 2 aliphatic rings. The summed E-state index contributed by atoms with van der Waals surface area (Å²) < 4.78 is 28.6. The SMILES string of the molecule is Cc1ccc(S(=O)(=O)c2n[nH]n3c2nc(=O)c2ccc(N4CCN(CC(=O)N5CCCC(CCN)C5)CC4)cc23)c(C)c1. The average Bonchev–Trinajstić information content (AvgIpc) is 3.42. The molecule has 1 atom stereocenters. The first-order valence-corrected chi connectivity index (χ1v) is 16.3. The summed E-state index contributed by atoms with van der Waals surface area (Å²) in [5.41, 5.74) is 8.12. The zero-order chi connectivity index (χ0) is 30.3. The van der Waals surface area contributed by atoms with Crippen molar-refractivity contribution in [2.24, 2.45) is 11.7 Å². The molecule has 0 spiro atoms. The maximum absolute atomic E-state index is 13.6. The van der Waals surface area contributed by atoms with E-state index < -0.39 is 15.4 Å². The maximum atomic E-state index is 13.6. The van der Waals surface area contributed by atoms with E-state index >= 15 is 0 Å². The number of aryl methyl sites for hydroxylation is 2. The summed E-state index contributed by atoms with van der Waals surface area (Å²) in [6, 6.07) is 10.6. The number of fused-ring (bicyclic) bond motifs is 3. The summed E-state index contributed by atoms with van der Waals surface area (Å²) in [6.07, 6.45) is 3.14. The van der Waals surface area contributed by atoms with Crippen LogP contribution in [0.4, 0.5) is 5.69 Å². The minimum absolute atomic E-state index is 0.0376. The molecular weight excluding hydrogens is 568 g/mol. The summed E-state index contributed by atoms with van der Waals surface area (Å²) in [5, 5.41) is 6.97. The Labute approximate surface area is 250 Å². The second-order valence-electron chi connectivity index (χ2n) is 11.8. The van der Waals surface area contributed by atoms with E-state index in [1.807, 2.05) is 24.0 Å². The predicted octanol–water partition coefficient (Wildman–Crippen LogP) is 1.73. The molecule has 43 heavy (non-hydrogen) atoms. The quantitative estimate of drug-likeness (QED) is 0.321. The van der Waals surface area contributed by atoms with Gasteiger partial charge in [0.1, 0.15) is 0 Å². The molecule has 0 radical (unpaired) electrons. The normalized spacial score (nSPS) is 18.5. The van der Waals surface area contributed by atoms with Gasteiger partial charge < -0.3 is 15.5 Å². The molecule has 3 N–H and O–H groups in total. The van der Waals surface area contributed by atoms with Gasteiger partial charge in [0.25, 0.3) is 5.56 Å². The largest absolute Gasteiger partial charge is 0.369 e. The highest BCUT2D eigenvalue weighted by Crippen LogP contribution is 2.28. The monoisotopic (exact) mass is 606 g/mol. The van der Waals surface area contributed by atoms with Gasteiger partial charge in [-0.15, -0.1) is 5.10 Å². The zero-order valence-electron chi connectivity index (χ0n) is 24.6. The van der Waals surface area contributed by atoms with Crippen LogP contribution in [-0.4, -0.2) is 96.3 Å². The molecule has 0 saturated carbocycles. The first-order chi connectivity index (χ1) is 20.7. The number of anilines is 1. The molecule has 4 heterocycles. The number of aromatic amines is 1. The number of likely N-dealkylation sites (tertiary alicyclic amines) is 1. The van der Waals surface area contributed by atoms with Gasteiger partial charge in [-0.3, -0.25) is 14.5 Å². The predicted molar refractivity (Wildman–Crippen MR) is 164 cm³/mol. The summed E-state index contributed by atoms with van der Waals surface area (Å²) in [5.74, 6) is 0.681. The van der Waals surface area contributed by atoms with Crippen LogP contribution < -0.4 is 16.2 Å². The topological polar surface area (TPSA) is 150 Å². The molecule has 2 aliphatic heterocycles.